The predicted molar refractivity (Wildman–Crippen MR) is 116 cm³/mol. The summed E-state index contributed by atoms with van der Waals surface area (Å²) in [6.45, 7) is 2.08. The number of carbonyl (C=O) groups is 1. The molecule has 28 heavy (non-hydrogen) atoms. The van der Waals surface area contributed by atoms with Crippen LogP contribution in [0.25, 0.3) is 0 Å². The van der Waals surface area contributed by atoms with Crippen LogP contribution in [-0.2, 0) is 16.1 Å². The molecule has 4 nitrogen and oxygen atoms in total. The number of thioether (sulfide) groups is 1. The van der Waals surface area contributed by atoms with Crippen LogP contribution in [0.15, 0.2) is 48.5 Å². The molecular weight excluding hydrogens is 396 g/mol. The minimum atomic E-state index is -0.994. The molecule has 2 aromatic carbocycles. The summed E-state index contributed by atoms with van der Waals surface area (Å²) in [6.07, 6.45) is 5.19. The summed E-state index contributed by atoms with van der Waals surface area (Å²) < 4.78 is 11.7. The van der Waals surface area contributed by atoms with Crippen molar-refractivity contribution in [3.63, 3.8) is 0 Å². The predicted octanol–water partition coefficient (Wildman–Crippen LogP) is 5.63. The molecule has 0 radical (unpaired) electrons. The van der Waals surface area contributed by atoms with Crippen molar-refractivity contribution in [2.45, 2.75) is 44.5 Å². The number of halogens is 1. The number of hydrogen-bond acceptors (Lipinski definition) is 4. The number of hydrogen-bond donors (Lipinski definition) is 1. The zero-order valence-corrected chi connectivity index (χ0v) is 18.0. The van der Waals surface area contributed by atoms with Crippen LogP contribution in [0.4, 0.5) is 0 Å². The lowest BCUT2D eigenvalue weighted by atomic mass is 9.76. The highest BCUT2D eigenvalue weighted by atomic mass is 35.5. The Kier molecular flexibility index (Phi) is 9.16. The first-order valence-electron chi connectivity index (χ1n) is 9.20. The third-order valence-corrected chi connectivity index (χ3v) is 4.78. The molecule has 6 heteroatoms. The van der Waals surface area contributed by atoms with E-state index in [1.807, 2.05) is 48.9 Å². The summed E-state index contributed by atoms with van der Waals surface area (Å²) in [5.41, 5.74) is 2.06. The monoisotopic (exact) mass is 422 g/mol. The highest BCUT2D eigenvalue weighted by molar-refractivity contribution is 7.97. The fraction of sp³-hybridized carbons (Fsp3) is 0.409. The van der Waals surface area contributed by atoms with E-state index in [9.17, 15) is 4.79 Å². The lowest BCUT2D eigenvalue weighted by Crippen LogP contribution is -2.33. The second kappa shape index (κ2) is 11.3. The standard InChI is InChI=1S/C20H21ClO4.C2H6S/c1-13(20(22)23)25-19-9-7-15(21)11-17(19)16-8-10-18(16)24-12-14-5-3-2-4-6-14;1-3-2/h2-7,9,11,13,16,18H,8,10,12H2,1H3,(H,22,23);1-2H3/t13-,16?,18?;/m0./s1. The van der Waals surface area contributed by atoms with Crippen molar-refractivity contribution >= 4 is 29.3 Å². The van der Waals surface area contributed by atoms with Gasteiger partial charge in [-0.1, -0.05) is 41.9 Å². The SMILES string of the molecule is CSC.C[C@H](Oc1ccc(Cl)cc1C1CCC1OCc1ccccc1)C(=O)O. The van der Waals surface area contributed by atoms with Gasteiger partial charge in [0, 0.05) is 16.5 Å². The highest BCUT2D eigenvalue weighted by Gasteiger charge is 2.35. The quantitative estimate of drug-likeness (QED) is 0.626. The van der Waals surface area contributed by atoms with E-state index in [2.05, 4.69) is 0 Å². The molecule has 1 fully saturated rings. The number of carboxylic acids is 1. The summed E-state index contributed by atoms with van der Waals surface area (Å²) in [5, 5.41) is 9.70. The molecule has 0 heterocycles. The number of rotatable bonds is 7. The fourth-order valence-electron chi connectivity index (χ4n) is 2.96. The van der Waals surface area contributed by atoms with Crippen LogP contribution >= 0.6 is 23.4 Å². The average molecular weight is 423 g/mol. The van der Waals surface area contributed by atoms with Crippen LogP contribution < -0.4 is 4.74 Å². The molecule has 0 amide bonds. The number of benzene rings is 2. The summed E-state index contributed by atoms with van der Waals surface area (Å²) >= 11 is 7.90. The van der Waals surface area contributed by atoms with Crippen LogP contribution in [-0.4, -0.2) is 35.8 Å². The summed E-state index contributed by atoms with van der Waals surface area (Å²) in [4.78, 5) is 11.1. The van der Waals surface area contributed by atoms with E-state index in [-0.39, 0.29) is 12.0 Å². The highest BCUT2D eigenvalue weighted by Crippen LogP contribution is 2.44. The third kappa shape index (κ3) is 6.43. The third-order valence-electron chi connectivity index (χ3n) is 4.54. The van der Waals surface area contributed by atoms with Crippen molar-refractivity contribution in [2.75, 3.05) is 12.5 Å². The first kappa shape index (κ1) is 22.6. The van der Waals surface area contributed by atoms with Gasteiger partial charge in [0.2, 0.25) is 0 Å². The van der Waals surface area contributed by atoms with Gasteiger partial charge in [-0.15, -0.1) is 0 Å². The molecule has 1 N–H and O–H groups in total. The topological polar surface area (TPSA) is 55.8 Å². The van der Waals surface area contributed by atoms with Gasteiger partial charge in [-0.25, -0.2) is 4.79 Å². The van der Waals surface area contributed by atoms with Crippen LogP contribution in [0, 0.1) is 0 Å². The molecule has 0 bridgehead atoms. The van der Waals surface area contributed by atoms with Crippen molar-refractivity contribution in [1.82, 2.24) is 0 Å². The molecule has 3 atom stereocenters. The summed E-state index contributed by atoms with van der Waals surface area (Å²) in [7, 11) is 0. The minimum absolute atomic E-state index is 0.0844. The van der Waals surface area contributed by atoms with Gasteiger partial charge in [0.25, 0.3) is 0 Å². The molecular formula is C22H27ClO4S. The van der Waals surface area contributed by atoms with Gasteiger partial charge in [0.05, 0.1) is 12.7 Å². The van der Waals surface area contributed by atoms with Gasteiger partial charge < -0.3 is 14.6 Å². The fourth-order valence-corrected chi connectivity index (χ4v) is 3.14. The molecule has 152 valence electrons. The van der Waals surface area contributed by atoms with E-state index in [0.29, 0.717) is 17.4 Å². The Balaban J connectivity index is 0.000000878. The maximum atomic E-state index is 11.1. The molecule has 0 aromatic heterocycles. The minimum Gasteiger partial charge on any atom is -0.479 e. The first-order chi connectivity index (χ1) is 13.5. The molecule has 0 aliphatic heterocycles. The maximum absolute atomic E-state index is 11.1. The van der Waals surface area contributed by atoms with Gasteiger partial charge in [0.15, 0.2) is 6.10 Å². The van der Waals surface area contributed by atoms with Crippen LogP contribution in [0.2, 0.25) is 5.02 Å². The maximum Gasteiger partial charge on any atom is 0.344 e. The van der Waals surface area contributed by atoms with Crippen LogP contribution in [0.3, 0.4) is 0 Å². The van der Waals surface area contributed by atoms with Crippen LogP contribution in [0.1, 0.15) is 36.8 Å². The molecule has 2 unspecified atom stereocenters. The van der Waals surface area contributed by atoms with E-state index in [0.717, 1.165) is 24.0 Å². The number of aliphatic carboxylic acids is 1. The summed E-state index contributed by atoms with van der Waals surface area (Å²) in [6, 6.07) is 15.4. The van der Waals surface area contributed by atoms with E-state index < -0.39 is 12.1 Å². The zero-order valence-electron chi connectivity index (χ0n) is 16.4. The van der Waals surface area contributed by atoms with Gasteiger partial charge >= 0.3 is 5.97 Å². The Labute approximate surface area is 176 Å². The van der Waals surface area contributed by atoms with E-state index in [4.69, 9.17) is 26.2 Å². The Morgan fingerprint density at radius 2 is 1.89 bits per heavy atom. The van der Waals surface area contributed by atoms with E-state index in [1.54, 1.807) is 23.9 Å². The second-order valence-electron chi connectivity index (χ2n) is 6.71. The lowest BCUT2D eigenvalue weighted by molar-refractivity contribution is -0.144. The van der Waals surface area contributed by atoms with E-state index >= 15 is 0 Å². The Bertz CT molecular complexity index is 753. The molecule has 2 aromatic rings. The van der Waals surface area contributed by atoms with Crippen molar-refractivity contribution in [2.24, 2.45) is 0 Å². The Hall–Kier alpha value is -1.69. The largest absolute Gasteiger partial charge is 0.479 e. The van der Waals surface area contributed by atoms with Gasteiger partial charge in [0.1, 0.15) is 5.75 Å². The normalized spacial score (nSPS) is 19.0. The van der Waals surface area contributed by atoms with Gasteiger partial charge in [-0.3, -0.25) is 0 Å². The van der Waals surface area contributed by atoms with Crippen molar-refractivity contribution in [1.29, 1.82) is 0 Å². The molecule has 0 saturated heterocycles. The number of ether oxygens (including phenoxy) is 2. The van der Waals surface area contributed by atoms with E-state index in [1.165, 1.54) is 6.92 Å². The van der Waals surface area contributed by atoms with Crippen LogP contribution in [0.5, 0.6) is 5.75 Å². The second-order valence-corrected chi connectivity index (χ2v) is 7.96. The van der Waals surface area contributed by atoms with Crippen molar-refractivity contribution in [3.05, 3.63) is 64.7 Å². The first-order valence-corrected chi connectivity index (χ1v) is 11.2. The average Bonchev–Trinajstić information content (AvgIpc) is 2.64. The van der Waals surface area contributed by atoms with Gasteiger partial charge in [-0.05, 0) is 56.0 Å². The smallest absolute Gasteiger partial charge is 0.344 e. The molecule has 1 aliphatic rings. The Morgan fingerprint density at radius 1 is 1.21 bits per heavy atom. The van der Waals surface area contributed by atoms with Crippen molar-refractivity contribution < 1.29 is 19.4 Å². The summed E-state index contributed by atoms with van der Waals surface area (Å²) in [5.74, 6) is -0.262. The number of carboxylic acid groups (broad SMARTS) is 1. The van der Waals surface area contributed by atoms with Crippen molar-refractivity contribution in [3.8, 4) is 5.75 Å². The Morgan fingerprint density at radius 3 is 2.46 bits per heavy atom. The van der Waals surface area contributed by atoms with Gasteiger partial charge in [-0.2, -0.15) is 11.8 Å². The lowest BCUT2D eigenvalue weighted by Gasteiger charge is -2.37. The zero-order chi connectivity index (χ0) is 20.5. The molecule has 1 aliphatic carbocycles. The molecule has 3 rings (SSSR count). The molecule has 0 spiro atoms. The molecule has 1 saturated carbocycles.